The van der Waals surface area contributed by atoms with E-state index in [1.807, 2.05) is 36.4 Å². The van der Waals surface area contributed by atoms with Crippen molar-refractivity contribution < 1.29 is 23.6 Å². The van der Waals surface area contributed by atoms with E-state index in [1.165, 1.54) is 6.20 Å². The smallest absolute Gasteiger partial charge is 0.482 e. The van der Waals surface area contributed by atoms with Crippen molar-refractivity contribution in [3.8, 4) is 5.75 Å². The van der Waals surface area contributed by atoms with Crippen LogP contribution in [0.4, 0.5) is 0 Å². The molecule has 6 atom stereocenters. The molecule has 230 valence electrons. The van der Waals surface area contributed by atoms with Gasteiger partial charge in [0.05, 0.1) is 42.8 Å². The van der Waals surface area contributed by atoms with Crippen LogP contribution in [0.3, 0.4) is 0 Å². The fourth-order valence-electron chi connectivity index (χ4n) is 7.66. The molecule has 4 aliphatic rings. The molecular formula is C35H42BN3O5. The van der Waals surface area contributed by atoms with Gasteiger partial charge in [-0.1, -0.05) is 50.2 Å². The minimum atomic E-state index is -0.601. The van der Waals surface area contributed by atoms with Crippen molar-refractivity contribution in [2.45, 2.75) is 77.1 Å². The zero-order valence-corrected chi connectivity index (χ0v) is 26.2. The summed E-state index contributed by atoms with van der Waals surface area (Å²) in [6.45, 7) is 8.96. The summed E-state index contributed by atoms with van der Waals surface area (Å²) >= 11 is 0. The minimum Gasteiger partial charge on any atom is -0.497 e. The molecule has 2 heterocycles. The summed E-state index contributed by atoms with van der Waals surface area (Å²) in [5, 5.41) is 6.31. The molecule has 2 aromatic carbocycles. The third-order valence-electron chi connectivity index (χ3n) is 10.5. The maximum Gasteiger partial charge on any atom is 0.482 e. The summed E-state index contributed by atoms with van der Waals surface area (Å²) in [4.78, 5) is 31.2. The standard InChI is InChI=1S/C35H42BN3O5/c1-22-10-6-7-11-23(22)17-31(36-43-30-19-26-18-29(34(26,2)3)35(30,4)44-36)39-32(40)20-28(24-12-8-14-27(16-24)42-5)38-33(41)25-13-9-15-37-21-25/h6-16,21,26,28-31H,17-20H2,1-5H3,(H,38,41)(H,39,40)/t26-,28?,29-,30+,31-,35-/m0/s1. The summed E-state index contributed by atoms with van der Waals surface area (Å²) in [5.41, 5.74) is 3.29. The Balaban J connectivity index is 1.24. The zero-order chi connectivity index (χ0) is 31.1. The van der Waals surface area contributed by atoms with Crippen molar-refractivity contribution in [3.05, 3.63) is 95.3 Å². The molecule has 2 bridgehead atoms. The van der Waals surface area contributed by atoms with Crippen LogP contribution >= 0.6 is 0 Å². The molecule has 44 heavy (non-hydrogen) atoms. The molecule has 3 aromatic rings. The lowest BCUT2D eigenvalue weighted by molar-refractivity contribution is -0.199. The van der Waals surface area contributed by atoms with Gasteiger partial charge in [-0.05, 0) is 91.3 Å². The molecule has 1 aliphatic heterocycles. The Labute approximate surface area is 260 Å². The molecule has 3 saturated carbocycles. The largest absolute Gasteiger partial charge is 0.497 e. The highest BCUT2D eigenvalue weighted by Gasteiger charge is 2.68. The fourth-order valence-corrected chi connectivity index (χ4v) is 7.66. The number of hydrogen-bond acceptors (Lipinski definition) is 6. The van der Waals surface area contributed by atoms with Crippen molar-refractivity contribution in [3.63, 3.8) is 0 Å². The summed E-state index contributed by atoms with van der Waals surface area (Å²) < 4.78 is 18.9. The third kappa shape index (κ3) is 5.75. The maximum absolute atomic E-state index is 13.9. The first-order valence-corrected chi connectivity index (χ1v) is 15.6. The first kappa shape index (κ1) is 30.3. The van der Waals surface area contributed by atoms with E-state index in [-0.39, 0.29) is 29.8 Å². The van der Waals surface area contributed by atoms with Gasteiger partial charge in [-0.15, -0.1) is 0 Å². The van der Waals surface area contributed by atoms with Crippen molar-refractivity contribution >= 4 is 18.9 Å². The molecule has 3 aliphatic carbocycles. The SMILES string of the molecule is COc1cccc(C(CC(=O)N[C@@H](Cc2ccccc2C)B2O[C@@H]3C[C@@H]4C[C@@H](C4(C)C)[C@]3(C)O2)NC(=O)c2cccnc2)c1. The highest BCUT2D eigenvalue weighted by Crippen LogP contribution is 2.65. The van der Waals surface area contributed by atoms with E-state index in [0.29, 0.717) is 29.6 Å². The van der Waals surface area contributed by atoms with Gasteiger partial charge in [-0.3, -0.25) is 14.6 Å². The number of aromatic nitrogens is 1. The Hall–Kier alpha value is -3.69. The van der Waals surface area contributed by atoms with Gasteiger partial charge in [-0.2, -0.15) is 0 Å². The second-order valence-electron chi connectivity index (χ2n) is 13.4. The summed E-state index contributed by atoms with van der Waals surface area (Å²) in [6.07, 6.45) is 5.85. The van der Waals surface area contributed by atoms with Crippen LogP contribution < -0.4 is 15.4 Å². The summed E-state index contributed by atoms with van der Waals surface area (Å²) in [6, 6.07) is 18.4. The van der Waals surface area contributed by atoms with Crippen LogP contribution in [0.1, 0.15) is 73.1 Å². The van der Waals surface area contributed by atoms with Gasteiger partial charge in [0.2, 0.25) is 5.91 Å². The lowest BCUT2D eigenvalue weighted by atomic mass is 9.43. The van der Waals surface area contributed by atoms with Crippen LogP contribution in [0.2, 0.25) is 0 Å². The number of hydrogen-bond donors (Lipinski definition) is 2. The number of benzene rings is 2. The number of nitrogens with zero attached hydrogens (tertiary/aromatic N) is 1. The number of carbonyl (C=O) groups is 2. The van der Waals surface area contributed by atoms with Crippen LogP contribution in [0.15, 0.2) is 73.1 Å². The highest BCUT2D eigenvalue weighted by molar-refractivity contribution is 6.48. The minimum absolute atomic E-state index is 0.00356. The van der Waals surface area contributed by atoms with Gasteiger partial charge in [0, 0.05) is 12.4 Å². The average Bonchev–Trinajstić information content (AvgIpc) is 3.39. The van der Waals surface area contributed by atoms with E-state index < -0.39 is 24.7 Å². The highest BCUT2D eigenvalue weighted by atomic mass is 16.7. The molecule has 2 amide bonds. The van der Waals surface area contributed by atoms with E-state index in [2.05, 4.69) is 55.4 Å². The number of amides is 2. The Morgan fingerprint density at radius 2 is 1.89 bits per heavy atom. The van der Waals surface area contributed by atoms with Crippen LogP contribution in [-0.4, -0.2) is 48.7 Å². The zero-order valence-electron chi connectivity index (χ0n) is 26.2. The number of methoxy groups -OCH3 is 1. The molecule has 1 unspecified atom stereocenters. The van der Waals surface area contributed by atoms with Crippen molar-refractivity contribution in [1.82, 2.24) is 15.6 Å². The molecule has 8 nitrogen and oxygen atoms in total. The van der Waals surface area contributed by atoms with E-state index in [1.54, 1.807) is 25.4 Å². The fraction of sp³-hybridized carbons (Fsp3) is 0.457. The van der Waals surface area contributed by atoms with Gasteiger partial charge >= 0.3 is 7.12 Å². The van der Waals surface area contributed by atoms with Crippen molar-refractivity contribution in [2.75, 3.05) is 7.11 Å². The first-order chi connectivity index (χ1) is 21.1. The molecule has 0 spiro atoms. The Kier molecular flexibility index (Phi) is 8.28. The molecule has 9 heteroatoms. The number of ether oxygens (including phenoxy) is 1. The number of carbonyl (C=O) groups excluding carboxylic acids is 2. The quantitative estimate of drug-likeness (QED) is 0.311. The molecule has 4 fully saturated rings. The van der Waals surface area contributed by atoms with Crippen molar-refractivity contribution in [2.24, 2.45) is 17.3 Å². The van der Waals surface area contributed by atoms with E-state index in [0.717, 1.165) is 29.5 Å². The predicted octanol–water partition coefficient (Wildman–Crippen LogP) is 5.25. The van der Waals surface area contributed by atoms with Gasteiger partial charge in [0.15, 0.2) is 0 Å². The molecule has 7 rings (SSSR count). The van der Waals surface area contributed by atoms with E-state index in [4.69, 9.17) is 14.0 Å². The summed E-state index contributed by atoms with van der Waals surface area (Å²) in [5.74, 6) is 0.760. The van der Waals surface area contributed by atoms with Gasteiger partial charge < -0.3 is 24.7 Å². The molecule has 1 saturated heterocycles. The Bertz CT molecular complexity index is 1520. The number of aryl methyl sites for hydroxylation is 1. The molecule has 2 N–H and O–H groups in total. The lowest BCUT2D eigenvalue weighted by Gasteiger charge is -2.64. The average molecular weight is 596 g/mol. The molecule has 1 aromatic heterocycles. The monoisotopic (exact) mass is 595 g/mol. The van der Waals surface area contributed by atoms with Gasteiger partial charge in [0.25, 0.3) is 5.91 Å². The van der Waals surface area contributed by atoms with Crippen LogP contribution in [0, 0.1) is 24.2 Å². The van der Waals surface area contributed by atoms with E-state index >= 15 is 0 Å². The molecular weight excluding hydrogens is 553 g/mol. The van der Waals surface area contributed by atoms with Crippen LogP contribution in [-0.2, 0) is 20.5 Å². The Morgan fingerprint density at radius 1 is 1.07 bits per heavy atom. The van der Waals surface area contributed by atoms with Gasteiger partial charge in [-0.25, -0.2) is 0 Å². The van der Waals surface area contributed by atoms with Crippen LogP contribution in [0.5, 0.6) is 5.75 Å². The second kappa shape index (κ2) is 12.0. The van der Waals surface area contributed by atoms with Crippen molar-refractivity contribution in [1.29, 1.82) is 0 Å². The van der Waals surface area contributed by atoms with Gasteiger partial charge in [0.1, 0.15) is 5.75 Å². The van der Waals surface area contributed by atoms with E-state index in [9.17, 15) is 9.59 Å². The number of rotatable bonds is 10. The topological polar surface area (TPSA) is 98.8 Å². The second-order valence-corrected chi connectivity index (χ2v) is 13.4. The third-order valence-corrected chi connectivity index (χ3v) is 10.5. The number of nitrogens with one attached hydrogen (secondary N) is 2. The Morgan fingerprint density at radius 3 is 2.61 bits per heavy atom. The molecule has 0 radical (unpaired) electrons. The maximum atomic E-state index is 13.9. The summed E-state index contributed by atoms with van der Waals surface area (Å²) in [7, 11) is 1.01. The predicted molar refractivity (Wildman–Crippen MR) is 169 cm³/mol. The van der Waals surface area contributed by atoms with Crippen LogP contribution in [0.25, 0.3) is 0 Å². The lowest BCUT2D eigenvalue weighted by Crippen LogP contribution is -2.65. The first-order valence-electron chi connectivity index (χ1n) is 15.6. The normalized spacial score (nSPS) is 26.1. The number of pyridine rings is 1.